The van der Waals surface area contributed by atoms with Gasteiger partial charge in [0, 0.05) is 5.56 Å². The monoisotopic (exact) mass is 235 g/mol. The van der Waals surface area contributed by atoms with Crippen molar-refractivity contribution in [1.29, 1.82) is 0 Å². The van der Waals surface area contributed by atoms with Crippen molar-refractivity contribution in [3.05, 3.63) is 35.4 Å². The Kier molecular flexibility index (Phi) is 4.86. The van der Waals surface area contributed by atoms with Gasteiger partial charge in [0.1, 0.15) is 0 Å². The Morgan fingerprint density at radius 2 is 1.64 bits per heavy atom. The molecule has 5 nitrogen and oxygen atoms in total. The molecule has 0 heterocycles. The number of benzene rings is 1. The first-order chi connectivity index (χ1) is 6.16. The van der Waals surface area contributed by atoms with Crippen molar-refractivity contribution in [2.24, 2.45) is 0 Å². The van der Waals surface area contributed by atoms with Crippen LogP contribution >= 0.6 is 0 Å². The SMILES string of the molecule is O=C([O-])c1ccccc1C(=O)O[O-].[Mn+2]. The summed E-state index contributed by atoms with van der Waals surface area (Å²) in [5.41, 5.74) is -0.666. The number of carbonyl (C=O) groups is 2. The van der Waals surface area contributed by atoms with Crippen molar-refractivity contribution < 1.29 is 41.9 Å². The van der Waals surface area contributed by atoms with Crippen LogP contribution in [-0.2, 0) is 22.0 Å². The summed E-state index contributed by atoms with van der Waals surface area (Å²) in [6.45, 7) is 0. The van der Waals surface area contributed by atoms with E-state index in [-0.39, 0.29) is 28.2 Å². The molecule has 0 unspecified atom stereocenters. The molecule has 0 atom stereocenters. The Morgan fingerprint density at radius 3 is 2.07 bits per heavy atom. The topological polar surface area (TPSA) is 89.5 Å². The Bertz CT molecular complexity index is 349. The maximum Gasteiger partial charge on any atom is 2.00 e. The molecule has 0 bridgehead atoms. The number of carboxylic acid groups (broad SMARTS) is 1. The van der Waals surface area contributed by atoms with Gasteiger partial charge in [-0.05, 0) is 6.07 Å². The number of hydrogen-bond acceptors (Lipinski definition) is 5. The average Bonchev–Trinajstić information content (AvgIpc) is 2.16. The molecule has 6 heteroatoms. The van der Waals surface area contributed by atoms with Gasteiger partial charge in [-0.15, -0.1) is 0 Å². The van der Waals surface area contributed by atoms with Gasteiger partial charge < -0.3 is 20.0 Å². The van der Waals surface area contributed by atoms with Crippen LogP contribution in [0.15, 0.2) is 24.3 Å². The fraction of sp³-hybridized carbons (Fsp3) is 0. The van der Waals surface area contributed by atoms with Gasteiger partial charge in [0.25, 0.3) is 0 Å². The van der Waals surface area contributed by atoms with Crippen molar-refractivity contribution in [3.63, 3.8) is 0 Å². The van der Waals surface area contributed by atoms with Crippen LogP contribution in [0.4, 0.5) is 0 Å². The summed E-state index contributed by atoms with van der Waals surface area (Å²) in [5, 5.41) is 20.2. The van der Waals surface area contributed by atoms with Crippen molar-refractivity contribution in [1.82, 2.24) is 0 Å². The van der Waals surface area contributed by atoms with E-state index in [1.807, 2.05) is 0 Å². The van der Waals surface area contributed by atoms with Gasteiger partial charge in [-0.3, -0.25) is 0 Å². The van der Waals surface area contributed by atoms with E-state index >= 15 is 0 Å². The number of hydrogen-bond donors (Lipinski definition) is 0. The molecule has 14 heavy (non-hydrogen) atoms. The van der Waals surface area contributed by atoms with E-state index in [0.717, 1.165) is 6.07 Å². The quantitative estimate of drug-likeness (QED) is 0.352. The standard InChI is InChI=1S/C8H6O5.Mn/c9-7(10)5-3-1-2-4-6(5)8(11)13-12;/h1-4,12H,(H,9,10);/q;+2/p-2. The molecule has 0 aliphatic rings. The second-order valence-electron chi connectivity index (χ2n) is 2.20. The Hall–Kier alpha value is -1.36. The molecule has 0 aliphatic carbocycles. The van der Waals surface area contributed by atoms with Crippen LogP contribution in [0.5, 0.6) is 0 Å². The third-order valence-corrected chi connectivity index (χ3v) is 1.44. The van der Waals surface area contributed by atoms with Crippen molar-refractivity contribution in [2.75, 3.05) is 0 Å². The van der Waals surface area contributed by atoms with E-state index in [4.69, 9.17) is 0 Å². The molecule has 1 radical (unpaired) electrons. The van der Waals surface area contributed by atoms with Crippen molar-refractivity contribution in [3.8, 4) is 0 Å². The average molecular weight is 235 g/mol. The van der Waals surface area contributed by atoms with E-state index in [9.17, 15) is 20.0 Å². The van der Waals surface area contributed by atoms with Gasteiger partial charge >= 0.3 is 23.0 Å². The molecule has 1 aromatic carbocycles. The van der Waals surface area contributed by atoms with Crippen molar-refractivity contribution in [2.45, 2.75) is 0 Å². The maximum absolute atomic E-state index is 10.7. The van der Waals surface area contributed by atoms with Crippen LogP contribution < -0.4 is 10.4 Å². The predicted molar refractivity (Wildman–Crippen MR) is 36.2 cm³/mol. The zero-order valence-electron chi connectivity index (χ0n) is 6.73. The summed E-state index contributed by atoms with van der Waals surface area (Å²) in [6.07, 6.45) is 0. The summed E-state index contributed by atoms with van der Waals surface area (Å²) in [5.74, 6) is -2.76. The van der Waals surface area contributed by atoms with Crippen LogP contribution in [0.25, 0.3) is 0 Å². The molecule has 73 valence electrons. The van der Waals surface area contributed by atoms with Crippen molar-refractivity contribution >= 4 is 11.9 Å². The van der Waals surface area contributed by atoms with Crippen LogP contribution in [-0.4, -0.2) is 11.9 Å². The molecule has 0 aliphatic heterocycles. The molecule has 0 saturated carbocycles. The second kappa shape index (κ2) is 5.39. The minimum Gasteiger partial charge on any atom is -0.661 e. The van der Waals surface area contributed by atoms with Crippen LogP contribution in [0.1, 0.15) is 20.7 Å². The van der Waals surface area contributed by atoms with Crippen LogP contribution in [0, 0.1) is 0 Å². The summed E-state index contributed by atoms with van der Waals surface area (Å²) in [4.78, 5) is 24.3. The van der Waals surface area contributed by atoms with Crippen LogP contribution in [0.2, 0.25) is 0 Å². The molecule has 0 fully saturated rings. The molecule has 0 N–H and O–H groups in total. The number of carbonyl (C=O) groups excluding carboxylic acids is 2. The van der Waals surface area contributed by atoms with Gasteiger partial charge in [0.15, 0.2) is 0 Å². The van der Waals surface area contributed by atoms with Gasteiger partial charge in [-0.25, -0.2) is 4.79 Å². The Labute approximate surface area is 89.7 Å². The van der Waals surface area contributed by atoms with Gasteiger partial charge in [-0.1, -0.05) is 18.2 Å². The Balaban J connectivity index is 0.00000169. The van der Waals surface area contributed by atoms with E-state index in [1.165, 1.54) is 18.2 Å². The molecule has 0 amide bonds. The minimum atomic E-state index is -1.53. The molecule has 0 aromatic heterocycles. The summed E-state index contributed by atoms with van der Waals surface area (Å²) in [7, 11) is 0. The second-order valence-corrected chi connectivity index (χ2v) is 2.20. The van der Waals surface area contributed by atoms with E-state index in [0.29, 0.717) is 0 Å². The first-order valence-corrected chi connectivity index (χ1v) is 3.31. The number of aromatic carboxylic acids is 1. The molecular formula is C8H4MnO5. The smallest absolute Gasteiger partial charge is 0.661 e. The molecular weight excluding hydrogens is 231 g/mol. The van der Waals surface area contributed by atoms with Gasteiger partial charge in [0.2, 0.25) is 0 Å². The molecule has 0 spiro atoms. The minimum absolute atomic E-state index is 0. The van der Waals surface area contributed by atoms with Gasteiger partial charge in [0.05, 0.1) is 11.5 Å². The molecule has 1 rings (SSSR count). The number of carboxylic acids is 1. The Morgan fingerprint density at radius 1 is 1.14 bits per heavy atom. The summed E-state index contributed by atoms with van der Waals surface area (Å²) in [6, 6.07) is 5.15. The normalized spacial score (nSPS) is 8.64. The fourth-order valence-electron chi connectivity index (χ4n) is 0.884. The van der Waals surface area contributed by atoms with E-state index in [1.54, 1.807) is 0 Å². The zero-order chi connectivity index (χ0) is 9.84. The first-order valence-electron chi connectivity index (χ1n) is 3.31. The predicted octanol–water partition coefficient (Wildman–Crippen LogP) is -1.52. The molecule has 1 aromatic rings. The first kappa shape index (κ1) is 12.6. The largest absolute Gasteiger partial charge is 2.00 e. The third kappa shape index (κ3) is 2.56. The molecule has 0 saturated heterocycles. The van der Waals surface area contributed by atoms with Crippen LogP contribution in [0.3, 0.4) is 0 Å². The summed E-state index contributed by atoms with van der Waals surface area (Å²) >= 11 is 0. The van der Waals surface area contributed by atoms with Gasteiger partial charge in [-0.2, -0.15) is 0 Å². The maximum atomic E-state index is 10.7. The van der Waals surface area contributed by atoms with E-state index < -0.39 is 11.9 Å². The summed E-state index contributed by atoms with van der Waals surface area (Å²) < 4.78 is 0. The third-order valence-electron chi connectivity index (χ3n) is 1.44. The number of rotatable bonds is 2. The van der Waals surface area contributed by atoms with E-state index in [2.05, 4.69) is 4.89 Å². The zero-order valence-corrected chi connectivity index (χ0v) is 7.91. The fourth-order valence-corrected chi connectivity index (χ4v) is 0.884.